The van der Waals surface area contributed by atoms with Crippen LogP contribution in [0.3, 0.4) is 0 Å². The molecule has 0 spiro atoms. The average molecular weight is 318 g/mol. The Balaban J connectivity index is 2.23. The third-order valence-electron chi connectivity index (χ3n) is 4.30. The summed E-state index contributed by atoms with van der Waals surface area (Å²) < 4.78 is 0. The van der Waals surface area contributed by atoms with Crippen LogP contribution >= 0.6 is 0 Å². The summed E-state index contributed by atoms with van der Waals surface area (Å²) in [5.74, 6) is -0.963. The molecular weight excluding hydrogens is 300 g/mol. The summed E-state index contributed by atoms with van der Waals surface area (Å²) >= 11 is 0. The third-order valence-corrected chi connectivity index (χ3v) is 4.30. The Kier molecular flexibility index (Phi) is 4.17. The first-order chi connectivity index (χ1) is 11.5. The van der Waals surface area contributed by atoms with E-state index in [0.29, 0.717) is 16.7 Å². The molecule has 2 aliphatic rings. The van der Waals surface area contributed by atoms with Crippen molar-refractivity contribution in [2.75, 3.05) is 0 Å². The van der Waals surface area contributed by atoms with Crippen molar-refractivity contribution in [1.29, 1.82) is 0 Å². The maximum atomic E-state index is 13.1. The minimum Gasteiger partial charge on any atom is -0.481 e. The van der Waals surface area contributed by atoms with Crippen molar-refractivity contribution in [3.05, 3.63) is 82.4 Å². The molecule has 0 bridgehead atoms. The number of hydrogen-bond acceptors (Lipinski definition) is 2. The number of aliphatic carboxylic acids is 1. The fourth-order valence-electron chi connectivity index (χ4n) is 3.19. The molecule has 3 nitrogen and oxygen atoms in total. The van der Waals surface area contributed by atoms with Gasteiger partial charge in [0, 0.05) is 11.1 Å². The number of hydrogen-bond donors (Lipinski definition) is 1. The zero-order valence-electron chi connectivity index (χ0n) is 13.7. The molecule has 0 amide bonds. The van der Waals surface area contributed by atoms with Gasteiger partial charge >= 0.3 is 5.97 Å². The summed E-state index contributed by atoms with van der Waals surface area (Å²) in [4.78, 5) is 24.3. The van der Waals surface area contributed by atoms with Crippen LogP contribution in [0.4, 0.5) is 0 Å². The molecule has 1 N–H and O–H groups in total. The van der Waals surface area contributed by atoms with Gasteiger partial charge in [-0.1, -0.05) is 54.1 Å². The number of carbonyl (C=O) groups excluding carboxylic acids is 1. The number of carboxylic acids is 1. The lowest BCUT2D eigenvalue weighted by Crippen LogP contribution is -2.04. The van der Waals surface area contributed by atoms with E-state index >= 15 is 0 Å². The van der Waals surface area contributed by atoms with Crippen molar-refractivity contribution >= 4 is 11.8 Å². The first-order valence-electron chi connectivity index (χ1n) is 7.82. The molecule has 0 heterocycles. The second kappa shape index (κ2) is 6.28. The average Bonchev–Trinajstić information content (AvgIpc) is 2.70. The van der Waals surface area contributed by atoms with E-state index < -0.39 is 5.97 Å². The standard InChI is InChI=1S/C21H18O3/c1-13-7-6-8-15(11-13)21(24)20-14(2)18(12-19(22)23)16-9-4-3-5-10-17(16)20/h3-11H,12H2,1-2H3,(H,22,23). The molecule has 0 aliphatic heterocycles. The predicted octanol–water partition coefficient (Wildman–Crippen LogP) is 4.27. The lowest BCUT2D eigenvalue weighted by molar-refractivity contribution is -0.136. The third kappa shape index (κ3) is 2.81. The minimum absolute atomic E-state index is 0.0657. The Bertz CT molecular complexity index is 909. The summed E-state index contributed by atoms with van der Waals surface area (Å²) in [5, 5.41) is 9.23. The fraction of sp³-hybridized carbons (Fsp3) is 0.143. The highest BCUT2D eigenvalue weighted by Gasteiger charge is 2.26. The smallest absolute Gasteiger partial charge is 0.307 e. The van der Waals surface area contributed by atoms with E-state index in [0.717, 1.165) is 22.3 Å². The van der Waals surface area contributed by atoms with Crippen LogP contribution < -0.4 is 0 Å². The van der Waals surface area contributed by atoms with Gasteiger partial charge < -0.3 is 5.11 Å². The number of aryl methyl sites for hydroxylation is 1. The molecule has 0 saturated heterocycles. The highest BCUT2D eigenvalue weighted by Crippen LogP contribution is 2.37. The molecular formula is C21H18O3. The van der Waals surface area contributed by atoms with Gasteiger partial charge in [-0.3, -0.25) is 9.59 Å². The Morgan fingerprint density at radius 2 is 1.62 bits per heavy atom. The van der Waals surface area contributed by atoms with E-state index in [4.69, 9.17) is 0 Å². The van der Waals surface area contributed by atoms with Gasteiger partial charge in [0.15, 0.2) is 5.78 Å². The second-order valence-electron chi connectivity index (χ2n) is 5.99. The summed E-state index contributed by atoms with van der Waals surface area (Å²) in [6.45, 7) is 3.78. The van der Waals surface area contributed by atoms with E-state index in [2.05, 4.69) is 0 Å². The Hall–Kier alpha value is -2.94. The molecule has 0 atom stereocenters. The Labute approximate surface area is 140 Å². The van der Waals surface area contributed by atoms with Gasteiger partial charge in [-0.25, -0.2) is 0 Å². The topological polar surface area (TPSA) is 54.4 Å². The monoisotopic (exact) mass is 318 g/mol. The maximum absolute atomic E-state index is 13.1. The summed E-state index contributed by atoms with van der Waals surface area (Å²) in [6, 6.07) is 16.9. The van der Waals surface area contributed by atoms with Crippen LogP contribution in [0.2, 0.25) is 0 Å². The van der Waals surface area contributed by atoms with Gasteiger partial charge in [-0.05, 0) is 42.2 Å². The quantitative estimate of drug-likeness (QED) is 0.731. The molecule has 3 heteroatoms. The van der Waals surface area contributed by atoms with Crippen molar-refractivity contribution in [1.82, 2.24) is 0 Å². The molecule has 0 saturated carbocycles. The lowest BCUT2D eigenvalue weighted by atomic mass is 9.98. The SMILES string of the molecule is Cc1cccc(C(=O)c2c3cccccc-3c(CC(=O)O)c2C)c1. The molecule has 0 unspecified atom stereocenters. The van der Waals surface area contributed by atoms with E-state index in [1.165, 1.54) is 0 Å². The van der Waals surface area contributed by atoms with E-state index in [1.54, 1.807) is 6.07 Å². The molecule has 0 aromatic heterocycles. The fourth-order valence-corrected chi connectivity index (χ4v) is 3.19. The van der Waals surface area contributed by atoms with Crippen LogP contribution in [0.25, 0.3) is 11.1 Å². The van der Waals surface area contributed by atoms with Crippen LogP contribution in [-0.4, -0.2) is 16.9 Å². The zero-order valence-corrected chi connectivity index (χ0v) is 13.7. The highest BCUT2D eigenvalue weighted by atomic mass is 16.4. The van der Waals surface area contributed by atoms with Gasteiger partial charge in [0.05, 0.1) is 6.42 Å². The Morgan fingerprint density at radius 3 is 2.29 bits per heavy atom. The van der Waals surface area contributed by atoms with E-state index in [-0.39, 0.29) is 12.2 Å². The van der Waals surface area contributed by atoms with Crippen molar-refractivity contribution in [3.63, 3.8) is 0 Å². The van der Waals surface area contributed by atoms with E-state index in [9.17, 15) is 14.7 Å². The van der Waals surface area contributed by atoms with Crippen LogP contribution in [0, 0.1) is 13.8 Å². The van der Waals surface area contributed by atoms with Crippen LogP contribution in [0.15, 0.2) is 54.6 Å². The molecule has 0 fully saturated rings. The molecule has 1 aromatic carbocycles. The highest BCUT2D eigenvalue weighted by molar-refractivity contribution is 6.15. The van der Waals surface area contributed by atoms with Gasteiger partial charge in [0.25, 0.3) is 0 Å². The molecule has 1 aromatic rings. The van der Waals surface area contributed by atoms with Crippen LogP contribution in [-0.2, 0) is 11.2 Å². The number of carboxylic acid groups (broad SMARTS) is 1. The molecule has 120 valence electrons. The van der Waals surface area contributed by atoms with Crippen molar-refractivity contribution in [2.45, 2.75) is 20.3 Å². The molecule has 0 radical (unpaired) electrons. The summed E-state index contributed by atoms with van der Waals surface area (Å²) in [7, 11) is 0. The van der Waals surface area contributed by atoms with Crippen molar-refractivity contribution in [3.8, 4) is 11.1 Å². The van der Waals surface area contributed by atoms with Crippen molar-refractivity contribution < 1.29 is 14.7 Å². The molecule has 24 heavy (non-hydrogen) atoms. The number of fused-ring (bicyclic) bond motifs is 1. The zero-order chi connectivity index (χ0) is 17.3. The van der Waals surface area contributed by atoms with E-state index in [1.807, 2.05) is 62.4 Å². The normalized spacial score (nSPS) is 10.8. The van der Waals surface area contributed by atoms with Crippen molar-refractivity contribution in [2.24, 2.45) is 0 Å². The first kappa shape index (κ1) is 15.9. The first-order valence-corrected chi connectivity index (χ1v) is 7.82. The summed E-state index contributed by atoms with van der Waals surface area (Å²) in [5.41, 5.74) is 5.35. The van der Waals surface area contributed by atoms with Gasteiger partial charge in [-0.15, -0.1) is 0 Å². The second-order valence-corrected chi connectivity index (χ2v) is 5.99. The number of ketones is 1. The molecule has 3 rings (SSSR count). The molecule has 2 aliphatic carbocycles. The maximum Gasteiger partial charge on any atom is 0.307 e. The van der Waals surface area contributed by atoms with Gasteiger partial charge in [0.1, 0.15) is 0 Å². The minimum atomic E-state index is -0.897. The van der Waals surface area contributed by atoms with Gasteiger partial charge in [0.2, 0.25) is 0 Å². The largest absolute Gasteiger partial charge is 0.481 e. The Morgan fingerprint density at radius 1 is 0.917 bits per heavy atom. The lowest BCUT2D eigenvalue weighted by Gasteiger charge is -2.04. The van der Waals surface area contributed by atoms with Gasteiger partial charge in [-0.2, -0.15) is 0 Å². The summed E-state index contributed by atoms with van der Waals surface area (Å²) in [6.07, 6.45) is -0.0898. The number of carbonyl (C=O) groups is 2. The number of benzene rings is 1. The number of rotatable bonds is 4. The van der Waals surface area contributed by atoms with Crippen LogP contribution in [0.5, 0.6) is 0 Å². The van der Waals surface area contributed by atoms with Crippen LogP contribution in [0.1, 0.15) is 32.6 Å². The predicted molar refractivity (Wildman–Crippen MR) is 93.8 cm³/mol.